The Morgan fingerprint density at radius 3 is 2.19 bits per heavy atom. The SMILES string of the molecule is CCOC(=O)CC(Nc1cc(Cl)cc(Cl)c1)C(=O)OCC. The number of anilines is 1. The van der Waals surface area contributed by atoms with E-state index in [1.165, 1.54) is 0 Å². The maximum atomic E-state index is 11.9. The number of hydrogen-bond donors (Lipinski definition) is 1. The van der Waals surface area contributed by atoms with Gasteiger partial charge in [-0.2, -0.15) is 0 Å². The topological polar surface area (TPSA) is 64.6 Å². The Hall–Kier alpha value is -1.46. The number of benzene rings is 1. The van der Waals surface area contributed by atoms with Gasteiger partial charge in [-0.15, -0.1) is 0 Å². The third-order valence-corrected chi connectivity index (χ3v) is 2.89. The molecule has 0 spiro atoms. The van der Waals surface area contributed by atoms with Gasteiger partial charge in [0.1, 0.15) is 6.04 Å². The van der Waals surface area contributed by atoms with E-state index in [0.717, 1.165) is 0 Å². The lowest BCUT2D eigenvalue weighted by atomic mass is 10.2. The Morgan fingerprint density at radius 1 is 1.10 bits per heavy atom. The average Bonchev–Trinajstić information content (AvgIpc) is 2.37. The van der Waals surface area contributed by atoms with Crippen molar-refractivity contribution >= 4 is 40.8 Å². The Kier molecular flexibility index (Phi) is 7.32. The molecule has 1 rings (SSSR count). The maximum absolute atomic E-state index is 11.9. The summed E-state index contributed by atoms with van der Waals surface area (Å²) in [4.78, 5) is 23.5. The second-order valence-corrected chi connectivity index (χ2v) is 4.99. The number of carbonyl (C=O) groups is 2. The van der Waals surface area contributed by atoms with Gasteiger partial charge in [-0.05, 0) is 32.0 Å². The fourth-order valence-corrected chi connectivity index (χ4v) is 2.19. The average molecular weight is 334 g/mol. The third kappa shape index (κ3) is 6.23. The van der Waals surface area contributed by atoms with Crippen LogP contribution in [-0.2, 0) is 19.1 Å². The van der Waals surface area contributed by atoms with Crippen LogP contribution in [0, 0.1) is 0 Å². The molecule has 1 atom stereocenters. The number of nitrogens with one attached hydrogen (secondary N) is 1. The minimum Gasteiger partial charge on any atom is -0.466 e. The molecule has 1 aromatic carbocycles. The fourth-order valence-electron chi connectivity index (χ4n) is 1.66. The number of halogens is 2. The highest BCUT2D eigenvalue weighted by atomic mass is 35.5. The van der Waals surface area contributed by atoms with Crippen LogP contribution >= 0.6 is 23.2 Å². The molecule has 1 unspecified atom stereocenters. The highest BCUT2D eigenvalue weighted by Gasteiger charge is 2.24. The molecule has 0 heterocycles. The molecule has 1 N–H and O–H groups in total. The predicted octanol–water partition coefficient (Wildman–Crippen LogP) is 3.29. The molecule has 1 aromatic rings. The standard InChI is InChI=1S/C14H17Cl2NO4/c1-3-20-13(18)8-12(14(19)21-4-2)17-11-6-9(15)5-10(16)7-11/h5-7,12,17H,3-4,8H2,1-2H3. The third-order valence-electron chi connectivity index (χ3n) is 2.45. The maximum Gasteiger partial charge on any atom is 0.329 e. The van der Waals surface area contributed by atoms with Gasteiger partial charge in [0.05, 0.1) is 19.6 Å². The Labute approximate surface area is 133 Å². The summed E-state index contributed by atoms with van der Waals surface area (Å²) in [6.07, 6.45) is -0.142. The number of ether oxygens (including phenoxy) is 2. The Balaban J connectivity index is 2.85. The highest BCUT2D eigenvalue weighted by Crippen LogP contribution is 2.23. The molecule has 0 amide bonds. The molecule has 0 aliphatic carbocycles. The van der Waals surface area contributed by atoms with Crippen LogP contribution in [0.25, 0.3) is 0 Å². The monoisotopic (exact) mass is 333 g/mol. The number of rotatable bonds is 7. The molecule has 0 saturated heterocycles. The smallest absolute Gasteiger partial charge is 0.329 e. The van der Waals surface area contributed by atoms with Gasteiger partial charge in [0.15, 0.2) is 0 Å². The van der Waals surface area contributed by atoms with Crippen molar-refractivity contribution in [3.05, 3.63) is 28.2 Å². The van der Waals surface area contributed by atoms with Gasteiger partial charge in [0.2, 0.25) is 0 Å². The summed E-state index contributed by atoms with van der Waals surface area (Å²) in [5, 5.41) is 3.73. The molecule has 0 fully saturated rings. The predicted molar refractivity (Wildman–Crippen MR) is 81.8 cm³/mol. The first-order valence-electron chi connectivity index (χ1n) is 6.51. The summed E-state index contributed by atoms with van der Waals surface area (Å²) in [6, 6.07) is 3.91. The molecule has 0 saturated carbocycles. The molecule has 0 aliphatic heterocycles. The summed E-state index contributed by atoms with van der Waals surface area (Å²) in [6.45, 7) is 3.85. The Bertz CT molecular complexity index is 487. The highest BCUT2D eigenvalue weighted by molar-refractivity contribution is 6.35. The molecule has 0 aliphatic rings. The first-order chi connectivity index (χ1) is 9.96. The van der Waals surface area contributed by atoms with Gasteiger partial charge in [-0.1, -0.05) is 23.2 Å². The van der Waals surface area contributed by atoms with Gasteiger partial charge in [0, 0.05) is 15.7 Å². The van der Waals surface area contributed by atoms with Gasteiger partial charge in [0.25, 0.3) is 0 Å². The zero-order valence-corrected chi connectivity index (χ0v) is 13.3. The van der Waals surface area contributed by atoms with E-state index >= 15 is 0 Å². The van der Waals surface area contributed by atoms with E-state index in [0.29, 0.717) is 15.7 Å². The first-order valence-corrected chi connectivity index (χ1v) is 7.26. The van der Waals surface area contributed by atoms with E-state index in [1.54, 1.807) is 32.0 Å². The van der Waals surface area contributed by atoms with E-state index in [2.05, 4.69) is 5.32 Å². The lowest BCUT2D eigenvalue weighted by Gasteiger charge is -2.18. The van der Waals surface area contributed by atoms with Crippen molar-refractivity contribution in [3.63, 3.8) is 0 Å². The van der Waals surface area contributed by atoms with Crippen LogP contribution in [0.4, 0.5) is 5.69 Å². The summed E-state index contributed by atoms with van der Waals surface area (Å²) in [5.41, 5.74) is 0.523. The van der Waals surface area contributed by atoms with Crippen molar-refractivity contribution in [2.75, 3.05) is 18.5 Å². The van der Waals surface area contributed by atoms with Crippen LogP contribution in [0.3, 0.4) is 0 Å². The summed E-state index contributed by atoms with van der Waals surface area (Å²) >= 11 is 11.8. The van der Waals surface area contributed by atoms with Crippen LogP contribution in [0.5, 0.6) is 0 Å². The quantitative estimate of drug-likeness (QED) is 0.775. The minimum atomic E-state index is -0.862. The molecule has 116 valence electrons. The lowest BCUT2D eigenvalue weighted by Crippen LogP contribution is -2.34. The van der Waals surface area contributed by atoms with Crippen LogP contribution in [0.1, 0.15) is 20.3 Å². The van der Waals surface area contributed by atoms with Crippen molar-refractivity contribution in [2.45, 2.75) is 26.3 Å². The van der Waals surface area contributed by atoms with Crippen molar-refractivity contribution in [2.24, 2.45) is 0 Å². The summed E-state index contributed by atoms with van der Waals surface area (Å²) in [7, 11) is 0. The van der Waals surface area contributed by atoms with Crippen LogP contribution in [-0.4, -0.2) is 31.2 Å². The zero-order valence-electron chi connectivity index (χ0n) is 11.8. The molecule has 0 radical (unpaired) electrons. The molecule has 7 heteroatoms. The van der Waals surface area contributed by atoms with Gasteiger partial charge < -0.3 is 14.8 Å². The molecule has 0 bridgehead atoms. The number of esters is 2. The minimum absolute atomic E-state index is 0.142. The van der Waals surface area contributed by atoms with Crippen molar-refractivity contribution in [1.82, 2.24) is 0 Å². The van der Waals surface area contributed by atoms with Crippen molar-refractivity contribution in [3.8, 4) is 0 Å². The Morgan fingerprint density at radius 2 is 1.67 bits per heavy atom. The summed E-state index contributed by atoms with van der Waals surface area (Å²) in [5.74, 6) is -1.03. The van der Waals surface area contributed by atoms with E-state index in [-0.39, 0.29) is 19.6 Å². The van der Waals surface area contributed by atoms with E-state index in [4.69, 9.17) is 32.7 Å². The van der Waals surface area contributed by atoms with Gasteiger partial charge >= 0.3 is 11.9 Å². The first kappa shape index (κ1) is 17.6. The normalized spacial score (nSPS) is 11.6. The fraction of sp³-hybridized carbons (Fsp3) is 0.429. The molecular weight excluding hydrogens is 317 g/mol. The van der Waals surface area contributed by atoms with Crippen molar-refractivity contribution in [1.29, 1.82) is 0 Å². The molecule has 21 heavy (non-hydrogen) atoms. The summed E-state index contributed by atoms with van der Waals surface area (Å²) < 4.78 is 9.79. The van der Waals surface area contributed by atoms with Gasteiger partial charge in [-0.25, -0.2) is 4.79 Å². The van der Waals surface area contributed by atoms with Crippen molar-refractivity contribution < 1.29 is 19.1 Å². The van der Waals surface area contributed by atoms with Crippen LogP contribution < -0.4 is 5.32 Å². The van der Waals surface area contributed by atoms with E-state index in [9.17, 15) is 9.59 Å². The lowest BCUT2D eigenvalue weighted by molar-refractivity contribution is -0.150. The second-order valence-electron chi connectivity index (χ2n) is 4.12. The van der Waals surface area contributed by atoms with Crippen LogP contribution in [0.2, 0.25) is 10.0 Å². The molecule has 5 nitrogen and oxygen atoms in total. The van der Waals surface area contributed by atoms with Crippen LogP contribution in [0.15, 0.2) is 18.2 Å². The largest absolute Gasteiger partial charge is 0.466 e. The molecule has 0 aromatic heterocycles. The van der Waals surface area contributed by atoms with Gasteiger partial charge in [-0.3, -0.25) is 4.79 Å². The second kappa shape index (κ2) is 8.74. The molecular formula is C14H17Cl2NO4. The zero-order chi connectivity index (χ0) is 15.8. The van der Waals surface area contributed by atoms with E-state index < -0.39 is 18.0 Å². The van der Waals surface area contributed by atoms with E-state index in [1.807, 2.05) is 0 Å². The number of carbonyl (C=O) groups excluding carboxylic acids is 2. The number of hydrogen-bond acceptors (Lipinski definition) is 5.